The highest BCUT2D eigenvalue weighted by atomic mass is 28.3. The second kappa shape index (κ2) is 14.2. The predicted octanol–water partition coefficient (Wildman–Crippen LogP) is 13.4. The summed E-state index contributed by atoms with van der Waals surface area (Å²) in [4.78, 5) is 0. The molecule has 7 aromatic carbocycles. The van der Waals surface area contributed by atoms with E-state index in [9.17, 15) is 0 Å². The molecule has 10 aromatic rings. The normalized spacial score (nSPS) is 15.8. The zero-order chi connectivity index (χ0) is 42.6. The fourth-order valence-corrected chi connectivity index (χ4v) is 11.9. The minimum atomic E-state index is -1.71. The van der Waals surface area contributed by atoms with E-state index >= 15 is 0 Å². The summed E-state index contributed by atoms with van der Waals surface area (Å²) < 4.78 is 14.9. The Morgan fingerprint density at radius 3 is 2.10 bits per heavy atom. The Balaban J connectivity index is 1.28. The zero-order valence-corrected chi connectivity index (χ0v) is 37.3. The standard InChI is InChI=1S/C58H49N3OSi/c1-37-27-33-51-52(35-37)60-38(2)55-48(45-21-12-13-22-46(45)50-34-30-42(36-59(50)55)63(3,4)5)31-28-41-29-32-49-47-23-14-15-26-53(47)62-57(49)54(41)58(60)61(51)56-43(39-17-8-6-9-18-39)24-16-25-44(56)40-19-10-7-11-20-40/h6-27,29-30,32-36,48,55H,2,28,31H2,1,3-5H3/q+2. The number of aromatic nitrogens is 3. The Morgan fingerprint density at radius 1 is 0.667 bits per heavy atom. The second-order valence-electron chi connectivity index (χ2n) is 18.6. The van der Waals surface area contributed by atoms with E-state index in [0.717, 1.165) is 90.8 Å². The van der Waals surface area contributed by atoms with Gasteiger partial charge in [-0.1, -0.05) is 159 Å². The Labute approximate surface area is 369 Å². The maximum atomic E-state index is 7.15. The number of hydrogen-bond donors (Lipinski definition) is 0. The number of imidazole rings is 1. The molecule has 2 atom stereocenters. The topological polar surface area (TPSA) is 25.8 Å². The monoisotopic (exact) mass is 831 g/mol. The number of para-hydroxylation sites is 2. The molecule has 0 amide bonds. The van der Waals surface area contributed by atoms with Gasteiger partial charge in [-0.3, -0.25) is 0 Å². The van der Waals surface area contributed by atoms with Crippen LogP contribution >= 0.6 is 0 Å². The summed E-state index contributed by atoms with van der Waals surface area (Å²) >= 11 is 0. The molecular formula is C58H49N3OSi+2. The van der Waals surface area contributed by atoms with Gasteiger partial charge in [-0.25, -0.2) is 0 Å². The summed E-state index contributed by atoms with van der Waals surface area (Å²) in [5, 5.41) is 3.69. The molecule has 0 fully saturated rings. The average molecular weight is 832 g/mol. The number of allylic oxidation sites excluding steroid dienone is 1. The number of pyridine rings is 1. The van der Waals surface area contributed by atoms with E-state index in [0.29, 0.717) is 0 Å². The van der Waals surface area contributed by atoms with Gasteiger partial charge in [0.05, 0.1) is 14.0 Å². The van der Waals surface area contributed by atoms with Crippen molar-refractivity contribution in [1.82, 2.24) is 4.57 Å². The van der Waals surface area contributed by atoms with E-state index in [1.165, 1.54) is 33.1 Å². The summed E-state index contributed by atoms with van der Waals surface area (Å²) in [6, 6.07) is 62.6. The van der Waals surface area contributed by atoms with Gasteiger partial charge in [-0.15, -0.1) is 0 Å². The first-order chi connectivity index (χ1) is 30.7. The number of fused-ring (bicyclic) bond motifs is 15. The Bertz CT molecular complexity index is 3420. The molecule has 2 unspecified atom stereocenters. The Kier molecular flexibility index (Phi) is 8.51. The molecule has 63 heavy (non-hydrogen) atoms. The van der Waals surface area contributed by atoms with Crippen LogP contribution in [-0.2, 0) is 6.42 Å². The van der Waals surface area contributed by atoms with Crippen LogP contribution in [0.3, 0.4) is 0 Å². The van der Waals surface area contributed by atoms with E-state index < -0.39 is 8.07 Å². The third-order valence-electron chi connectivity index (χ3n) is 13.8. The molecule has 12 rings (SSSR count). The smallest absolute Gasteiger partial charge is 0.304 e. The lowest BCUT2D eigenvalue weighted by molar-refractivity contribution is -0.723. The molecule has 0 bridgehead atoms. The Morgan fingerprint density at radius 2 is 1.35 bits per heavy atom. The first-order valence-electron chi connectivity index (χ1n) is 22.3. The van der Waals surface area contributed by atoms with Crippen molar-refractivity contribution >= 4 is 51.9 Å². The van der Waals surface area contributed by atoms with Crippen molar-refractivity contribution in [3.63, 3.8) is 0 Å². The number of rotatable bonds is 4. The van der Waals surface area contributed by atoms with Gasteiger partial charge in [-0.2, -0.15) is 13.7 Å². The second-order valence-corrected chi connectivity index (χ2v) is 23.7. The molecule has 5 heteroatoms. The molecule has 0 radical (unpaired) electrons. The number of nitrogens with zero attached hydrogens (tertiary/aromatic N) is 3. The molecule has 0 saturated carbocycles. The fourth-order valence-electron chi connectivity index (χ4n) is 10.8. The lowest BCUT2D eigenvalue weighted by Gasteiger charge is -2.31. The lowest BCUT2D eigenvalue weighted by Crippen LogP contribution is -2.56. The maximum Gasteiger partial charge on any atom is 0.304 e. The molecule has 2 aliphatic heterocycles. The molecular weight excluding hydrogens is 783 g/mol. The largest absolute Gasteiger partial charge is 0.455 e. The van der Waals surface area contributed by atoms with Crippen molar-refractivity contribution < 1.29 is 13.6 Å². The van der Waals surface area contributed by atoms with Crippen molar-refractivity contribution in [2.45, 2.75) is 51.4 Å². The third-order valence-corrected chi connectivity index (χ3v) is 15.9. The molecule has 0 N–H and O–H groups in total. The van der Waals surface area contributed by atoms with Crippen LogP contribution in [0.4, 0.5) is 0 Å². The lowest BCUT2D eigenvalue weighted by atomic mass is 9.78. The van der Waals surface area contributed by atoms with E-state index in [4.69, 9.17) is 11.0 Å². The highest BCUT2D eigenvalue weighted by Gasteiger charge is 2.48. The van der Waals surface area contributed by atoms with Gasteiger partial charge in [0.2, 0.25) is 11.7 Å². The quantitative estimate of drug-likeness (QED) is 0.128. The van der Waals surface area contributed by atoms with Crippen molar-refractivity contribution in [3.05, 3.63) is 199 Å². The van der Waals surface area contributed by atoms with Gasteiger partial charge in [-0.05, 0) is 78.4 Å². The number of hydrogen-bond acceptors (Lipinski definition) is 1. The summed E-state index contributed by atoms with van der Waals surface area (Å²) in [6.07, 6.45) is 4.30. The highest BCUT2D eigenvalue weighted by Crippen LogP contribution is 2.49. The SMILES string of the molecule is C=C1C2C(CCc3ccc4c(oc5ccccc54)c3-c3n(-c4c(-c5ccccc5)cccc4-c4ccccc4)c4ccc(C)cc4[n+]31)c1ccccc1-c1ccc([Si](C)(C)C)c[n+]12. The van der Waals surface area contributed by atoms with Gasteiger partial charge in [0, 0.05) is 38.7 Å². The molecule has 0 aliphatic carbocycles. The molecule has 5 heterocycles. The summed E-state index contributed by atoms with van der Waals surface area (Å²) in [5.74, 6) is 1.23. The average Bonchev–Trinajstić information content (AvgIpc) is 3.86. The number of benzene rings is 7. The zero-order valence-electron chi connectivity index (χ0n) is 36.3. The first-order valence-corrected chi connectivity index (χ1v) is 25.8. The van der Waals surface area contributed by atoms with Crippen LogP contribution in [0.5, 0.6) is 0 Å². The van der Waals surface area contributed by atoms with Gasteiger partial charge < -0.3 is 4.42 Å². The summed E-state index contributed by atoms with van der Waals surface area (Å²) in [6.45, 7) is 14.9. The summed E-state index contributed by atoms with van der Waals surface area (Å²) in [7, 11) is -1.71. The predicted molar refractivity (Wildman–Crippen MR) is 262 cm³/mol. The van der Waals surface area contributed by atoms with E-state index in [1.807, 2.05) is 0 Å². The van der Waals surface area contributed by atoms with Crippen LogP contribution in [0.1, 0.15) is 35.1 Å². The number of furan rings is 1. The van der Waals surface area contributed by atoms with Gasteiger partial charge in [0.25, 0.3) is 0 Å². The summed E-state index contributed by atoms with van der Waals surface area (Å²) in [5.41, 5.74) is 18.4. The fraction of sp³-hybridized carbons (Fsp3) is 0.138. The minimum absolute atomic E-state index is 0.0621. The van der Waals surface area contributed by atoms with Crippen LogP contribution in [0.15, 0.2) is 187 Å². The van der Waals surface area contributed by atoms with E-state index in [-0.39, 0.29) is 12.0 Å². The minimum Gasteiger partial charge on any atom is -0.455 e. The molecule has 304 valence electrons. The maximum absolute atomic E-state index is 7.15. The van der Waals surface area contributed by atoms with Crippen molar-refractivity contribution in [3.8, 4) is 50.6 Å². The molecule has 4 nitrogen and oxygen atoms in total. The van der Waals surface area contributed by atoms with Gasteiger partial charge in [0.1, 0.15) is 16.8 Å². The number of aryl methyl sites for hydroxylation is 2. The van der Waals surface area contributed by atoms with Gasteiger partial charge in [0.15, 0.2) is 28.5 Å². The first kappa shape index (κ1) is 37.7. The van der Waals surface area contributed by atoms with Crippen LogP contribution in [0.2, 0.25) is 19.6 Å². The molecule has 0 saturated heterocycles. The van der Waals surface area contributed by atoms with Gasteiger partial charge >= 0.3 is 5.82 Å². The third kappa shape index (κ3) is 5.79. The van der Waals surface area contributed by atoms with Crippen molar-refractivity contribution in [1.29, 1.82) is 0 Å². The van der Waals surface area contributed by atoms with Crippen molar-refractivity contribution in [2.75, 3.05) is 0 Å². The highest BCUT2D eigenvalue weighted by molar-refractivity contribution is 6.88. The van der Waals surface area contributed by atoms with Crippen LogP contribution < -0.4 is 14.3 Å². The van der Waals surface area contributed by atoms with Crippen LogP contribution in [0, 0.1) is 6.92 Å². The van der Waals surface area contributed by atoms with Crippen LogP contribution in [-0.4, -0.2) is 12.6 Å². The van der Waals surface area contributed by atoms with Crippen LogP contribution in [0.25, 0.3) is 89.3 Å². The Hall–Kier alpha value is -7.08. The van der Waals surface area contributed by atoms with E-state index in [1.54, 1.807) is 0 Å². The molecule has 0 spiro atoms. The van der Waals surface area contributed by atoms with Crippen molar-refractivity contribution in [2.24, 2.45) is 0 Å². The molecule has 3 aromatic heterocycles. The van der Waals surface area contributed by atoms with E-state index in [2.05, 4.69) is 216 Å². The molecule has 2 aliphatic rings.